The molecular weight excluding hydrogens is 324 g/mol. The Morgan fingerprint density at radius 1 is 1.08 bits per heavy atom. The minimum absolute atomic E-state index is 0.251. The van der Waals surface area contributed by atoms with Gasteiger partial charge in [-0.05, 0) is 26.7 Å². The third kappa shape index (κ3) is 2.93. The molecule has 1 aliphatic carbocycles. The maximum absolute atomic E-state index is 5.42. The lowest BCUT2D eigenvalue weighted by Gasteiger charge is -2.33. The monoisotopic (exact) mass is 348 g/mol. The van der Waals surface area contributed by atoms with Crippen molar-refractivity contribution >= 4 is 11.3 Å². The third-order valence-corrected chi connectivity index (χ3v) is 5.94. The molecule has 2 aromatic heterocycles. The Hall–Kier alpha value is -1.54. The smallest absolute Gasteiger partial charge is 0.294 e. The van der Waals surface area contributed by atoms with Crippen LogP contribution in [0.5, 0.6) is 5.19 Å². The van der Waals surface area contributed by atoms with Gasteiger partial charge in [0, 0.05) is 19.0 Å². The number of hydrogen-bond donors (Lipinski definition) is 0. The predicted octanol–water partition coefficient (Wildman–Crippen LogP) is 2.76. The van der Waals surface area contributed by atoms with Crippen LogP contribution in [0.2, 0.25) is 0 Å². The van der Waals surface area contributed by atoms with Crippen LogP contribution in [0, 0.1) is 0 Å². The second-order valence-corrected chi connectivity index (χ2v) is 7.62. The van der Waals surface area contributed by atoms with Crippen molar-refractivity contribution in [2.24, 2.45) is 0 Å². The van der Waals surface area contributed by atoms with Crippen molar-refractivity contribution in [3.05, 3.63) is 16.7 Å². The normalized spacial score (nSPS) is 22.0. The highest BCUT2D eigenvalue weighted by atomic mass is 32.1. The summed E-state index contributed by atoms with van der Waals surface area (Å²) in [4.78, 5) is 2.40. The quantitative estimate of drug-likeness (QED) is 0.827. The lowest BCUT2D eigenvalue weighted by atomic mass is 10.1. The van der Waals surface area contributed by atoms with E-state index in [1.54, 1.807) is 0 Å². The first-order chi connectivity index (χ1) is 11.8. The molecular formula is C16H24N6OS. The molecule has 3 heterocycles. The summed E-state index contributed by atoms with van der Waals surface area (Å²) in [5, 5.41) is 19.0. The Morgan fingerprint density at radius 3 is 2.67 bits per heavy atom. The second kappa shape index (κ2) is 6.76. The molecule has 1 atom stereocenters. The largest absolute Gasteiger partial charge is 0.469 e. The molecule has 0 aromatic carbocycles. The molecule has 2 aromatic rings. The fourth-order valence-electron chi connectivity index (χ4n) is 3.81. The van der Waals surface area contributed by atoms with E-state index in [-0.39, 0.29) is 6.04 Å². The second-order valence-electron chi connectivity index (χ2n) is 6.59. The average molecular weight is 348 g/mol. The van der Waals surface area contributed by atoms with E-state index in [1.807, 2.05) is 6.92 Å². The highest BCUT2D eigenvalue weighted by Crippen LogP contribution is 2.36. The Balaban J connectivity index is 1.48. The van der Waals surface area contributed by atoms with Crippen LogP contribution in [-0.2, 0) is 13.1 Å². The zero-order valence-electron chi connectivity index (χ0n) is 14.3. The molecule has 4 rings (SSSR count). The summed E-state index contributed by atoms with van der Waals surface area (Å²) in [6.45, 7) is 7.55. The molecule has 1 fully saturated rings. The number of hydrogen-bond acceptors (Lipinski definition) is 7. The Bertz CT molecular complexity index is 693. The van der Waals surface area contributed by atoms with Crippen LogP contribution in [0.1, 0.15) is 68.1 Å². The van der Waals surface area contributed by atoms with Crippen LogP contribution in [0.3, 0.4) is 0 Å². The van der Waals surface area contributed by atoms with Crippen LogP contribution in [-0.4, -0.2) is 43.0 Å². The Kier molecular flexibility index (Phi) is 4.49. The molecule has 0 bridgehead atoms. The van der Waals surface area contributed by atoms with Crippen molar-refractivity contribution < 1.29 is 4.74 Å². The average Bonchev–Trinajstić information content (AvgIpc) is 3.30. The zero-order valence-corrected chi connectivity index (χ0v) is 15.1. The van der Waals surface area contributed by atoms with E-state index in [4.69, 9.17) is 4.74 Å². The van der Waals surface area contributed by atoms with E-state index >= 15 is 0 Å². The van der Waals surface area contributed by atoms with Gasteiger partial charge in [0.05, 0.1) is 19.2 Å². The maximum atomic E-state index is 5.42. The van der Waals surface area contributed by atoms with Crippen LogP contribution in [0.25, 0.3) is 0 Å². The molecule has 1 unspecified atom stereocenters. The molecule has 0 saturated heterocycles. The van der Waals surface area contributed by atoms with Crippen LogP contribution in [0.4, 0.5) is 0 Å². The number of rotatable bonds is 5. The fourth-order valence-corrected chi connectivity index (χ4v) is 4.58. The summed E-state index contributed by atoms with van der Waals surface area (Å²) < 4.78 is 7.78. The summed E-state index contributed by atoms with van der Waals surface area (Å²) in [5.41, 5.74) is 0. The van der Waals surface area contributed by atoms with Crippen LogP contribution in [0.15, 0.2) is 0 Å². The Labute approximate surface area is 146 Å². The van der Waals surface area contributed by atoms with E-state index in [1.165, 1.54) is 42.8 Å². The first-order valence-electron chi connectivity index (χ1n) is 8.88. The molecule has 130 valence electrons. The topological polar surface area (TPSA) is 69.0 Å². The van der Waals surface area contributed by atoms with Gasteiger partial charge in [-0.2, -0.15) is 0 Å². The fraction of sp³-hybridized carbons (Fsp3) is 0.750. The summed E-state index contributed by atoms with van der Waals surface area (Å²) in [6.07, 6.45) is 5.18. The maximum Gasteiger partial charge on any atom is 0.294 e. The Morgan fingerprint density at radius 2 is 1.88 bits per heavy atom. The molecule has 7 nitrogen and oxygen atoms in total. The molecule has 0 radical (unpaired) electrons. The van der Waals surface area contributed by atoms with Gasteiger partial charge in [-0.15, -0.1) is 20.4 Å². The van der Waals surface area contributed by atoms with E-state index in [0.717, 1.165) is 30.5 Å². The van der Waals surface area contributed by atoms with E-state index in [2.05, 4.69) is 36.8 Å². The van der Waals surface area contributed by atoms with Gasteiger partial charge in [-0.25, -0.2) is 0 Å². The number of ether oxygens (including phenoxy) is 1. The molecule has 0 spiro atoms. The van der Waals surface area contributed by atoms with Gasteiger partial charge >= 0.3 is 0 Å². The highest BCUT2D eigenvalue weighted by molar-refractivity contribution is 7.13. The van der Waals surface area contributed by atoms with Crippen molar-refractivity contribution in [2.75, 3.05) is 13.2 Å². The first kappa shape index (κ1) is 16.0. The van der Waals surface area contributed by atoms with Gasteiger partial charge in [-0.1, -0.05) is 24.2 Å². The van der Waals surface area contributed by atoms with Crippen molar-refractivity contribution in [1.29, 1.82) is 0 Å². The standard InChI is InChI=1S/C16H24N6OS/c1-3-23-16-20-17-13(24-16)10-21-8-9-22-14(11(21)2)18-19-15(22)12-6-4-5-7-12/h11-12H,3-10H2,1-2H3. The summed E-state index contributed by atoms with van der Waals surface area (Å²) >= 11 is 1.53. The number of aromatic nitrogens is 5. The lowest BCUT2D eigenvalue weighted by Crippen LogP contribution is -2.37. The molecule has 24 heavy (non-hydrogen) atoms. The first-order valence-corrected chi connectivity index (χ1v) is 9.70. The van der Waals surface area contributed by atoms with Gasteiger partial charge in [-0.3, -0.25) is 4.90 Å². The molecule has 2 aliphatic rings. The van der Waals surface area contributed by atoms with Crippen molar-refractivity contribution in [3.63, 3.8) is 0 Å². The van der Waals surface area contributed by atoms with Crippen molar-refractivity contribution in [3.8, 4) is 5.19 Å². The lowest BCUT2D eigenvalue weighted by molar-refractivity contribution is 0.154. The van der Waals surface area contributed by atoms with Crippen LogP contribution < -0.4 is 4.74 Å². The van der Waals surface area contributed by atoms with E-state index in [9.17, 15) is 0 Å². The van der Waals surface area contributed by atoms with Crippen molar-refractivity contribution in [1.82, 2.24) is 29.9 Å². The number of nitrogens with zero attached hydrogens (tertiary/aromatic N) is 6. The molecule has 1 aliphatic heterocycles. The van der Waals surface area contributed by atoms with Gasteiger partial charge in [0.2, 0.25) is 0 Å². The number of fused-ring (bicyclic) bond motifs is 1. The summed E-state index contributed by atoms with van der Waals surface area (Å²) in [5.74, 6) is 2.92. The summed E-state index contributed by atoms with van der Waals surface area (Å²) in [7, 11) is 0. The van der Waals surface area contributed by atoms with Gasteiger partial charge < -0.3 is 9.30 Å². The van der Waals surface area contributed by atoms with Crippen LogP contribution >= 0.6 is 11.3 Å². The van der Waals surface area contributed by atoms with E-state index in [0.29, 0.717) is 17.7 Å². The SMILES string of the molecule is CCOc1nnc(CN2CCn3c(C4CCCC4)nnc3C2C)s1. The summed E-state index contributed by atoms with van der Waals surface area (Å²) in [6, 6.07) is 0.251. The molecule has 1 saturated carbocycles. The minimum Gasteiger partial charge on any atom is -0.469 e. The van der Waals surface area contributed by atoms with Gasteiger partial charge in [0.15, 0.2) is 0 Å². The molecule has 0 amide bonds. The predicted molar refractivity (Wildman–Crippen MR) is 91.1 cm³/mol. The van der Waals surface area contributed by atoms with E-state index < -0.39 is 0 Å². The molecule has 8 heteroatoms. The van der Waals surface area contributed by atoms with Gasteiger partial charge in [0.1, 0.15) is 16.7 Å². The zero-order chi connectivity index (χ0) is 16.5. The highest BCUT2D eigenvalue weighted by Gasteiger charge is 2.32. The van der Waals surface area contributed by atoms with Gasteiger partial charge in [0.25, 0.3) is 5.19 Å². The minimum atomic E-state index is 0.251. The van der Waals surface area contributed by atoms with Crippen molar-refractivity contribution in [2.45, 2.75) is 64.6 Å². The third-order valence-electron chi connectivity index (χ3n) is 5.12. The molecule has 0 N–H and O–H groups in total.